The number of nitrogens with one attached hydrogen (secondary N) is 1. The molecule has 2 fully saturated rings. The van der Waals surface area contributed by atoms with Crippen molar-refractivity contribution in [3.05, 3.63) is 0 Å². The van der Waals surface area contributed by atoms with Crippen molar-refractivity contribution in [3.8, 4) is 0 Å². The molecular weight excluding hydrogens is 246 g/mol. The topological polar surface area (TPSA) is 95.7 Å². The Morgan fingerprint density at radius 3 is 2.37 bits per heavy atom. The first kappa shape index (κ1) is 14.1. The van der Waals surface area contributed by atoms with E-state index >= 15 is 0 Å². The lowest BCUT2D eigenvalue weighted by Gasteiger charge is -2.38. The second-order valence-electron chi connectivity index (χ2n) is 5.71. The van der Waals surface area contributed by atoms with Crippen LogP contribution in [0.3, 0.4) is 0 Å². The van der Waals surface area contributed by atoms with Gasteiger partial charge >= 0.3 is 12.0 Å². The molecule has 0 bridgehead atoms. The first-order valence-electron chi connectivity index (χ1n) is 7.09. The highest BCUT2D eigenvalue weighted by atomic mass is 16.4. The van der Waals surface area contributed by atoms with Crippen LogP contribution in [0.15, 0.2) is 0 Å². The molecule has 4 N–H and O–H groups in total. The summed E-state index contributed by atoms with van der Waals surface area (Å²) < 4.78 is 0. The van der Waals surface area contributed by atoms with Crippen molar-refractivity contribution in [2.45, 2.75) is 50.6 Å². The van der Waals surface area contributed by atoms with Gasteiger partial charge in [0.2, 0.25) is 0 Å². The van der Waals surface area contributed by atoms with Gasteiger partial charge < -0.3 is 21.1 Å². The van der Waals surface area contributed by atoms with Crippen LogP contribution in [0.4, 0.5) is 4.79 Å². The van der Waals surface area contributed by atoms with Gasteiger partial charge in [0.25, 0.3) is 0 Å². The molecule has 2 unspecified atom stereocenters. The number of carbonyl (C=O) groups is 2. The molecule has 6 heteroatoms. The van der Waals surface area contributed by atoms with E-state index < -0.39 is 17.9 Å². The molecule has 2 atom stereocenters. The lowest BCUT2D eigenvalue weighted by Crippen LogP contribution is -2.56. The predicted molar refractivity (Wildman–Crippen MR) is 70.7 cm³/mol. The zero-order chi connectivity index (χ0) is 13.8. The Bertz CT molecular complexity index is 320. The van der Waals surface area contributed by atoms with Crippen molar-refractivity contribution in [1.29, 1.82) is 0 Å². The van der Waals surface area contributed by atoms with Crippen LogP contribution in [0.5, 0.6) is 0 Å². The van der Waals surface area contributed by atoms with E-state index in [0.717, 1.165) is 12.8 Å². The van der Waals surface area contributed by atoms with Crippen molar-refractivity contribution in [2.24, 2.45) is 11.7 Å². The van der Waals surface area contributed by atoms with Crippen LogP contribution in [-0.4, -0.2) is 47.2 Å². The Balaban J connectivity index is 1.94. The molecular formula is C13H23N3O3. The summed E-state index contributed by atoms with van der Waals surface area (Å²) in [7, 11) is 0. The molecule has 108 valence electrons. The molecule has 2 rings (SSSR count). The fourth-order valence-corrected chi connectivity index (χ4v) is 3.18. The third-order valence-corrected chi connectivity index (χ3v) is 4.19. The van der Waals surface area contributed by atoms with E-state index in [-0.39, 0.29) is 12.6 Å². The maximum atomic E-state index is 11.3. The lowest BCUT2D eigenvalue weighted by molar-refractivity contribution is -0.143. The van der Waals surface area contributed by atoms with Crippen LogP contribution in [0.2, 0.25) is 0 Å². The number of urea groups is 1. The second-order valence-corrected chi connectivity index (χ2v) is 5.71. The minimum atomic E-state index is -0.846. The number of aliphatic carboxylic acids is 1. The summed E-state index contributed by atoms with van der Waals surface area (Å²) >= 11 is 0. The van der Waals surface area contributed by atoms with E-state index in [4.69, 9.17) is 10.8 Å². The van der Waals surface area contributed by atoms with Gasteiger partial charge in [0.1, 0.15) is 0 Å². The minimum absolute atomic E-state index is 0.0467. The average Bonchev–Trinajstić information content (AvgIpc) is 2.39. The van der Waals surface area contributed by atoms with E-state index in [0.29, 0.717) is 19.0 Å². The fourth-order valence-electron chi connectivity index (χ4n) is 3.18. The van der Waals surface area contributed by atoms with Crippen LogP contribution < -0.4 is 11.1 Å². The number of nitrogens with zero attached hydrogens (tertiary/aromatic N) is 1. The molecule has 19 heavy (non-hydrogen) atoms. The van der Waals surface area contributed by atoms with Gasteiger partial charge in [0.05, 0.1) is 5.92 Å². The summed E-state index contributed by atoms with van der Waals surface area (Å²) in [5.74, 6) is -1.36. The average molecular weight is 269 g/mol. The SMILES string of the molecule is NC(=O)N1CC(NC2CCCCC2)CC(C(=O)O)C1. The molecule has 6 nitrogen and oxygen atoms in total. The number of likely N-dealkylation sites (tertiary alicyclic amines) is 1. The van der Waals surface area contributed by atoms with Crippen molar-refractivity contribution < 1.29 is 14.7 Å². The summed E-state index contributed by atoms with van der Waals surface area (Å²) in [6, 6.07) is -0.0205. The van der Waals surface area contributed by atoms with Gasteiger partial charge in [0, 0.05) is 25.2 Å². The molecule has 0 aromatic rings. The van der Waals surface area contributed by atoms with E-state index in [1.807, 2.05) is 0 Å². The molecule has 0 aromatic carbocycles. The number of rotatable bonds is 3. The van der Waals surface area contributed by atoms with E-state index in [9.17, 15) is 9.59 Å². The van der Waals surface area contributed by atoms with Crippen molar-refractivity contribution >= 4 is 12.0 Å². The highest BCUT2D eigenvalue weighted by Crippen LogP contribution is 2.22. The Kier molecular flexibility index (Phi) is 4.63. The number of carboxylic acid groups (broad SMARTS) is 1. The van der Waals surface area contributed by atoms with Crippen LogP contribution in [-0.2, 0) is 4.79 Å². The summed E-state index contributed by atoms with van der Waals surface area (Å²) in [4.78, 5) is 23.9. The summed E-state index contributed by atoms with van der Waals surface area (Å²) in [6.07, 6.45) is 6.61. The molecule has 1 aliphatic carbocycles. The number of piperidine rings is 1. The number of hydrogen-bond donors (Lipinski definition) is 3. The largest absolute Gasteiger partial charge is 0.481 e. The Morgan fingerprint density at radius 2 is 1.79 bits per heavy atom. The molecule has 1 saturated carbocycles. The van der Waals surface area contributed by atoms with Gasteiger partial charge in [-0.1, -0.05) is 19.3 Å². The Labute approximate surface area is 113 Å². The monoisotopic (exact) mass is 269 g/mol. The number of amides is 2. The summed E-state index contributed by atoms with van der Waals surface area (Å²) in [5, 5.41) is 12.7. The van der Waals surface area contributed by atoms with Gasteiger partial charge in [-0.25, -0.2) is 4.79 Å². The van der Waals surface area contributed by atoms with Gasteiger partial charge in [0.15, 0.2) is 0 Å². The van der Waals surface area contributed by atoms with Crippen molar-refractivity contribution in [3.63, 3.8) is 0 Å². The number of nitrogens with two attached hydrogens (primary N) is 1. The summed E-state index contributed by atoms with van der Waals surface area (Å²) in [6.45, 7) is 0.753. The molecule has 2 aliphatic rings. The predicted octanol–water partition coefficient (Wildman–Crippen LogP) is 0.762. The van der Waals surface area contributed by atoms with Crippen LogP contribution in [0, 0.1) is 5.92 Å². The second kappa shape index (κ2) is 6.23. The molecule has 0 spiro atoms. The van der Waals surface area contributed by atoms with Gasteiger partial charge in [-0.2, -0.15) is 0 Å². The third-order valence-electron chi connectivity index (χ3n) is 4.19. The Morgan fingerprint density at radius 1 is 1.11 bits per heavy atom. The van der Waals surface area contributed by atoms with Gasteiger partial charge in [-0.05, 0) is 19.3 Å². The Hall–Kier alpha value is -1.30. The third kappa shape index (κ3) is 3.83. The van der Waals surface area contributed by atoms with E-state index in [1.165, 1.54) is 24.2 Å². The van der Waals surface area contributed by atoms with E-state index in [2.05, 4.69) is 5.32 Å². The molecule has 0 aromatic heterocycles. The quantitative estimate of drug-likeness (QED) is 0.705. The molecule has 0 radical (unpaired) electrons. The maximum absolute atomic E-state index is 11.3. The minimum Gasteiger partial charge on any atom is -0.481 e. The highest BCUT2D eigenvalue weighted by Gasteiger charge is 2.34. The van der Waals surface area contributed by atoms with Gasteiger partial charge in [-0.3, -0.25) is 4.79 Å². The molecule has 1 saturated heterocycles. The van der Waals surface area contributed by atoms with Crippen LogP contribution >= 0.6 is 0 Å². The van der Waals surface area contributed by atoms with Crippen molar-refractivity contribution in [2.75, 3.05) is 13.1 Å². The number of primary amides is 1. The smallest absolute Gasteiger partial charge is 0.314 e. The normalized spacial score (nSPS) is 29.2. The number of hydrogen-bond acceptors (Lipinski definition) is 3. The maximum Gasteiger partial charge on any atom is 0.314 e. The van der Waals surface area contributed by atoms with Gasteiger partial charge in [-0.15, -0.1) is 0 Å². The lowest BCUT2D eigenvalue weighted by atomic mass is 9.91. The van der Waals surface area contributed by atoms with Crippen LogP contribution in [0.1, 0.15) is 38.5 Å². The highest BCUT2D eigenvalue weighted by molar-refractivity contribution is 5.75. The number of carboxylic acids is 1. The zero-order valence-electron chi connectivity index (χ0n) is 11.2. The molecule has 1 aliphatic heterocycles. The number of carbonyl (C=O) groups excluding carboxylic acids is 1. The summed E-state index contributed by atoms with van der Waals surface area (Å²) in [5.41, 5.74) is 5.29. The molecule has 2 amide bonds. The zero-order valence-corrected chi connectivity index (χ0v) is 11.2. The van der Waals surface area contributed by atoms with E-state index in [1.54, 1.807) is 0 Å². The first-order valence-corrected chi connectivity index (χ1v) is 7.09. The van der Waals surface area contributed by atoms with Crippen LogP contribution in [0.25, 0.3) is 0 Å². The molecule has 1 heterocycles. The first-order chi connectivity index (χ1) is 9.06. The fraction of sp³-hybridized carbons (Fsp3) is 0.846. The standard InChI is InChI=1S/C13H23N3O3/c14-13(19)16-7-9(12(17)18)6-11(8-16)15-10-4-2-1-3-5-10/h9-11,15H,1-8H2,(H2,14,19)(H,17,18). The van der Waals surface area contributed by atoms with Crippen molar-refractivity contribution in [1.82, 2.24) is 10.2 Å².